The summed E-state index contributed by atoms with van der Waals surface area (Å²) >= 11 is 0. The van der Waals surface area contributed by atoms with Gasteiger partial charge in [0.25, 0.3) is 0 Å². The van der Waals surface area contributed by atoms with Crippen molar-refractivity contribution in [3.8, 4) is 0 Å². The third-order valence-corrected chi connectivity index (χ3v) is 5.49. The number of aliphatic imine (C=N–C) groups is 1. The van der Waals surface area contributed by atoms with Gasteiger partial charge in [-0.2, -0.15) is 0 Å². The molecule has 0 aliphatic carbocycles. The summed E-state index contributed by atoms with van der Waals surface area (Å²) in [5, 5.41) is 43.7. The molecule has 1 fully saturated rings. The maximum Gasteiger partial charge on any atom is 0.206 e. The molecule has 2 aromatic heterocycles. The Balaban J connectivity index is 1.48. The van der Waals surface area contributed by atoms with Crippen molar-refractivity contribution in [3.05, 3.63) is 42.1 Å². The van der Waals surface area contributed by atoms with Crippen LogP contribution in [0.4, 0.5) is 5.82 Å². The molecule has 2 aromatic rings. The average molecular weight is 418 g/mol. The van der Waals surface area contributed by atoms with Gasteiger partial charge >= 0.3 is 0 Å². The van der Waals surface area contributed by atoms with Crippen LogP contribution in [0.1, 0.15) is 49.3 Å². The first kappa shape index (κ1) is 20.7. The number of ether oxygens (including phenoxy) is 1. The highest BCUT2D eigenvalue weighted by Crippen LogP contribution is 2.40. The fourth-order valence-corrected chi connectivity index (χ4v) is 3.90. The largest absolute Gasteiger partial charge is 0.394 e. The van der Waals surface area contributed by atoms with Crippen molar-refractivity contribution in [1.29, 1.82) is 0 Å². The molecule has 7 N–H and O–H groups in total. The number of aliphatic hydroxyl groups excluding tert-OH is 3. The van der Waals surface area contributed by atoms with Crippen LogP contribution in [0, 0.1) is 0 Å². The predicted molar refractivity (Wildman–Crippen MR) is 106 cm³/mol. The maximum atomic E-state index is 11.2. The normalized spacial score (nSPS) is 29.2. The molecule has 0 aromatic carbocycles. The molecule has 4 rings (SSSR count). The first-order valence-corrected chi connectivity index (χ1v) is 9.85. The van der Waals surface area contributed by atoms with Gasteiger partial charge in [-0.05, 0) is 24.5 Å². The van der Waals surface area contributed by atoms with E-state index in [9.17, 15) is 20.4 Å². The molecular formula is C19H26N6O5. The van der Waals surface area contributed by atoms with Gasteiger partial charge in [0.05, 0.1) is 25.1 Å². The number of hydrogen-bond donors (Lipinski definition) is 6. The van der Waals surface area contributed by atoms with Crippen molar-refractivity contribution >= 4 is 11.8 Å². The molecule has 30 heavy (non-hydrogen) atoms. The number of nitrogens with two attached hydrogens (primary N) is 1. The van der Waals surface area contributed by atoms with Gasteiger partial charge in [-0.3, -0.25) is 9.55 Å². The summed E-state index contributed by atoms with van der Waals surface area (Å²) in [5.74, 6) is 0.449. The predicted octanol–water partition coefficient (Wildman–Crippen LogP) is -0.292. The molecule has 0 amide bonds. The van der Waals surface area contributed by atoms with Gasteiger partial charge in [0.2, 0.25) is 5.72 Å². The Morgan fingerprint density at radius 2 is 2.27 bits per heavy atom. The van der Waals surface area contributed by atoms with Crippen molar-refractivity contribution < 1.29 is 25.2 Å². The van der Waals surface area contributed by atoms with Crippen LogP contribution in [0.2, 0.25) is 0 Å². The van der Waals surface area contributed by atoms with E-state index in [1.807, 2.05) is 0 Å². The van der Waals surface area contributed by atoms with Crippen molar-refractivity contribution in [2.75, 3.05) is 11.9 Å². The number of guanidine groups is 1. The summed E-state index contributed by atoms with van der Waals surface area (Å²) in [5.41, 5.74) is 5.25. The summed E-state index contributed by atoms with van der Waals surface area (Å²) in [6.45, 7) is -0.297. The fourth-order valence-electron chi connectivity index (χ4n) is 3.90. The molecule has 0 saturated carbocycles. The third kappa shape index (κ3) is 3.89. The second-order valence-electron chi connectivity index (χ2n) is 7.60. The van der Waals surface area contributed by atoms with Crippen LogP contribution in [-0.4, -0.2) is 59.7 Å². The highest BCUT2D eigenvalue weighted by Gasteiger charge is 2.42. The zero-order chi connectivity index (χ0) is 21.3. The minimum absolute atomic E-state index is 0.0248. The van der Waals surface area contributed by atoms with Crippen molar-refractivity contribution in [2.24, 2.45) is 10.7 Å². The van der Waals surface area contributed by atoms with Crippen LogP contribution in [0.25, 0.3) is 0 Å². The molecule has 11 nitrogen and oxygen atoms in total. The van der Waals surface area contributed by atoms with Gasteiger partial charge in [0, 0.05) is 25.2 Å². The molecule has 2 unspecified atom stereocenters. The molecule has 0 bridgehead atoms. The van der Waals surface area contributed by atoms with E-state index in [0.717, 1.165) is 0 Å². The third-order valence-electron chi connectivity index (χ3n) is 5.49. The van der Waals surface area contributed by atoms with E-state index in [1.165, 1.54) is 6.33 Å². The van der Waals surface area contributed by atoms with Gasteiger partial charge in [-0.1, -0.05) is 6.07 Å². The standard InChI is InChI=1S/C19H26N6O5/c20-18-23-17-16(22-10-25(17)15-7-13(28)14(9-26)30-15)19(29,24-18)5-1-4-12(27)11-3-2-6-21-8-11/h2-3,6,8,10,12-15,26-29H,1,4-5,7,9H2,(H3,20,23,24)/t12?,13-,14+,15+,19?/m0/s1. The van der Waals surface area contributed by atoms with E-state index in [-0.39, 0.29) is 31.1 Å². The first-order valence-electron chi connectivity index (χ1n) is 9.85. The van der Waals surface area contributed by atoms with E-state index >= 15 is 0 Å². The topological polar surface area (TPSA) is 171 Å². The van der Waals surface area contributed by atoms with Crippen LogP contribution < -0.4 is 11.1 Å². The Morgan fingerprint density at radius 1 is 1.43 bits per heavy atom. The first-order chi connectivity index (χ1) is 14.4. The van der Waals surface area contributed by atoms with E-state index < -0.39 is 30.3 Å². The monoisotopic (exact) mass is 418 g/mol. The van der Waals surface area contributed by atoms with E-state index in [2.05, 4.69) is 20.3 Å². The highest BCUT2D eigenvalue weighted by atomic mass is 16.5. The van der Waals surface area contributed by atoms with E-state index in [1.54, 1.807) is 29.1 Å². The van der Waals surface area contributed by atoms with Crippen molar-refractivity contribution in [1.82, 2.24) is 14.5 Å². The molecule has 4 heterocycles. The molecular weight excluding hydrogens is 392 g/mol. The number of rotatable bonds is 7. The number of fused-ring (bicyclic) bond motifs is 1. The van der Waals surface area contributed by atoms with Gasteiger partial charge in [-0.25, -0.2) is 9.98 Å². The van der Waals surface area contributed by atoms with Gasteiger partial charge in [0.15, 0.2) is 5.96 Å². The number of hydrogen-bond acceptors (Lipinski definition) is 10. The number of nitrogens with one attached hydrogen (secondary N) is 1. The lowest BCUT2D eigenvalue weighted by atomic mass is 9.98. The summed E-state index contributed by atoms with van der Waals surface area (Å²) < 4.78 is 7.31. The Labute approximate surface area is 172 Å². The minimum Gasteiger partial charge on any atom is -0.394 e. The Kier molecular flexibility index (Phi) is 5.71. The number of aliphatic hydroxyl groups is 4. The number of pyridine rings is 1. The quantitative estimate of drug-likeness (QED) is 0.353. The Bertz CT molecular complexity index is 906. The summed E-state index contributed by atoms with van der Waals surface area (Å²) in [6, 6.07) is 3.55. The number of aromatic nitrogens is 3. The number of anilines is 1. The second kappa shape index (κ2) is 8.28. The molecule has 162 valence electrons. The number of nitrogens with zero attached hydrogens (tertiary/aromatic N) is 4. The number of imidazole rings is 1. The smallest absolute Gasteiger partial charge is 0.206 e. The molecule has 2 aliphatic rings. The second-order valence-corrected chi connectivity index (χ2v) is 7.60. The summed E-state index contributed by atoms with van der Waals surface area (Å²) in [7, 11) is 0. The minimum atomic E-state index is -1.65. The highest BCUT2D eigenvalue weighted by molar-refractivity contribution is 5.94. The molecule has 0 radical (unpaired) electrons. The van der Waals surface area contributed by atoms with Crippen LogP contribution in [0.5, 0.6) is 0 Å². The summed E-state index contributed by atoms with van der Waals surface area (Å²) in [6.07, 6.45) is 3.30. The Morgan fingerprint density at radius 3 is 2.97 bits per heavy atom. The van der Waals surface area contributed by atoms with Crippen LogP contribution >= 0.6 is 0 Å². The lowest BCUT2D eigenvalue weighted by Crippen LogP contribution is -2.38. The van der Waals surface area contributed by atoms with Crippen molar-refractivity contribution in [3.63, 3.8) is 0 Å². The molecule has 1 saturated heterocycles. The van der Waals surface area contributed by atoms with Crippen LogP contribution in [-0.2, 0) is 10.5 Å². The fraction of sp³-hybridized carbons (Fsp3) is 0.526. The molecule has 11 heteroatoms. The lowest BCUT2D eigenvalue weighted by molar-refractivity contribution is -0.0439. The van der Waals surface area contributed by atoms with Gasteiger partial charge in [-0.15, -0.1) is 0 Å². The molecule has 2 aliphatic heterocycles. The van der Waals surface area contributed by atoms with Crippen molar-refractivity contribution in [2.45, 2.75) is 55.9 Å². The van der Waals surface area contributed by atoms with Gasteiger partial charge in [0.1, 0.15) is 23.8 Å². The SMILES string of the molecule is NC1=NC(O)(CCCC(O)c2cccnc2)c2ncn([C@H]3C[C@H](O)[C@@H](CO)O3)c2N1. The lowest BCUT2D eigenvalue weighted by Gasteiger charge is -2.29. The zero-order valence-corrected chi connectivity index (χ0v) is 16.3. The molecule has 5 atom stereocenters. The average Bonchev–Trinajstić information content (AvgIpc) is 3.31. The Hall–Kier alpha value is -2.57. The zero-order valence-electron chi connectivity index (χ0n) is 16.3. The van der Waals surface area contributed by atoms with Gasteiger partial charge < -0.3 is 36.2 Å². The van der Waals surface area contributed by atoms with E-state index in [4.69, 9.17) is 10.5 Å². The summed E-state index contributed by atoms with van der Waals surface area (Å²) in [4.78, 5) is 12.5. The van der Waals surface area contributed by atoms with Crippen LogP contribution in [0.15, 0.2) is 35.8 Å². The molecule has 0 spiro atoms. The maximum absolute atomic E-state index is 11.2. The van der Waals surface area contributed by atoms with Crippen LogP contribution in [0.3, 0.4) is 0 Å². The van der Waals surface area contributed by atoms with E-state index in [0.29, 0.717) is 24.2 Å².